The summed E-state index contributed by atoms with van der Waals surface area (Å²) in [5.74, 6) is 0.801. The van der Waals surface area contributed by atoms with Crippen molar-refractivity contribution >= 4 is 5.91 Å². The largest absolute Gasteiger partial charge is 0.508 e. The van der Waals surface area contributed by atoms with Gasteiger partial charge in [0.25, 0.3) is 5.56 Å². The zero-order valence-electron chi connectivity index (χ0n) is 20.2. The Labute approximate surface area is 200 Å². The second-order valence-electron chi connectivity index (χ2n) is 10.6. The van der Waals surface area contributed by atoms with Crippen LogP contribution in [-0.2, 0) is 16.8 Å². The third-order valence-corrected chi connectivity index (χ3v) is 8.76. The van der Waals surface area contributed by atoms with Gasteiger partial charge < -0.3 is 20.2 Å². The number of piperidine rings is 1. The number of amides is 1. The maximum absolute atomic E-state index is 13.2. The van der Waals surface area contributed by atoms with E-state index in [0.29, 0.717) is 25.9 Å². The minimum atomic E-state index is -1.04. The first-order valence-corrected chi connectivity index (χ1v) is 12.5. The number of H-pyrrole nitrogens is 1. The monoisotopic (exact) mass is 468 g/mol. The van der Waals surface area contributed by atoms with Crippen LogP contribution in [0.25, 0.3) is 0 Å². The number of fused-ring (bicyclic) bond motifs is 1. The van der Waals surface area contributed by atoms with Gasteiger partial charge in [0, 0.05) is 43.4 Å². The van der Waals surface area contributed by atoms with Crippen molar-refractivity contribution in [1.29, 1.82) is 0 Å². The Morgan fingerprint density at radius 3 is 2.59 bits per heavy atom. The molecule has 3 aliphatic rings. The molecule has 8 heteroatoms. The number of likely N-dealkylation sites (tertiary alicyclic amines) is 2. The Morgan fingerprint density at radius 1 is 1.15 bits per heavy atom. The number of aromatic amines is 1. The number of aromatic nitrogens is 2. The molecular formula is C26H36N4O4. The lowest BCUT2D eigenvalue weighted by Crippen LogP contribution is -2.68. The van der Waals surface area contributed by atoms with Gasteiger partial charge in [-0.3, -0.25) is 14.5 Å². The van der Waals surface area contributed by atoms with E-state index in [4.69, 9.17) is 0 Å². The Morgan fingerprint density at radius 2 is 1.88 bits per heavy atom. The Kier molecular flexibility index (Phi) is 5.84. The van der Waals surface area contributed by atoms with Gasteiger partial charge in [-0.15, -0.1) is 0 Å². The molecule has 3 fully saturated rings. The van der Waals surface area contributed by atoms with Crippen LogP contribution in [0.2, 0.25) is 0 Å². The third-order valence-electron chi connectivity index (χ3n) is 8.76. The van der Waals surface area contributed by atoms with Crippen LogP contribution in [0.4, 0.5) is 0 Å². The van der Waals surface area contributed by atoms with E-state index >= 15 is 0 Å². The van der Waals surface area contributed by atoms with Gasteiger partial charge in [0.1, 0.15) is 12.3 Å². The molecule has 2 saturated heterocycles. The first-order valence-electron chi connectivity index (χ1n) is 12.5. The number of rotatable bonds is 5. The number of phenolic OH excluding ortho intramolecular Hbond substituents is 1. The standard InChI is InChI=1S/C26H36N4O4/c1-18-3-6-21(31)15-22(18)25-8-12-28(24(33)17-30-23(32)7-11-27-30)14-10-26(25,34)19(2)29(13-9-25)16-20-4-5-20/h3,6-7,11,15,19-20,27,31,34H,4-5,8-10,12-14,16-17H2,1-2H3. The van der Waals surface area contributed by atoms with Crippen molar-refractivity contribution in [2.24, 2.45) is 5.92 Å². The molecule has 0 bridgehead atoms. The van der Waals surface area contributed by atoms with Crippen molar-refractivity contribution in [3.8, 4) is 5.75 Å². The molecule has 184 valence electrons. The molecule has 1 aromatic carbocycles. The summed E-state index contributed by atoms with van der Waals surface area (Å²) in [7, 11) is 0. The molecule has 0 spiro atoms. The van der Waals surface area contributed by atoms with Gasteiger partial charge in [0.15, 0.2) is 0 Å². The van der Waals surface area contributed by atoms with E-state index in [9.17, 15) is 19.8 Å². The maximum Gasteiger partial charge on any atom is 0.266 e. The number of nitrogens with one attached hydrogen (secondary N) is 1. The molecule has 3 heterocycles. The zero-order chi connectivity index (χ0) is 24.1. The van der Waals surface area contributed by atoms with E-state index in [-0.39, 0.29) is 29.8 Å². The summed E-state index contributed by atoms with van der Waals surface area (Å²) in [5, 5.41) is 25.7. The van der Waals surface area contributed by atoms with Crippen LogP contribution >= 0.6 is 0 Å². The summed E-state index contributed by atoms with van der Waals surface area (Å²) in [6.07, 6.45) is 5.91. The highest BCUT2D eigenvalue weighted by Crippen LogP contribution is 2.53. The zero-order valence-corrected chi connectivity index (χ0v) is 20.2. The van der Waals surface area contributed by atoms with Crippen molar-refractivity contribution in [2.75, 3.05) is 26.2 Å². The molecule has 1 aliphatic carbocycles. The van der Waals surface area contributed by atoms with Crippen LogP contribution in [0.15, 0.2) is 35.3 Å². The minimum absolute atomic E-state index is 0.0359. The Bertz CT molecular complexity index is 1120. The lowest BCUT2D eigenvalue weighted by atomic mass is 9.57. The number of aromatic hydroxyl groups is 1. The summed E-state index contributed by atoms with van der Waals surface area (Å²) >= 11 is 0. The summed E-state index contributed by atoms with van der Waals surface area (Å²) in [6, 6.07) is 6.78. The summed E-state index contributed by atoms with van der Waals surface area (Å²) < 4.78 is 1.31. The molecule has 3 unspecified atom stereocenters. The molecule has 1 aromatic heterocycles. The molecule has 8 nitrogen and oxygen atoms in total. The number of hydrogen-bond acceptors (Lipinski definition) is 5. The predicted octanol–water partition coefficient (Wildman–Crippen LogP) is 1.99. The van der Waals surface area contributed by atoms with E-state index in [2.05, 4.69) is 16.9 Å². The van der Waals surface area contributed by atoms with Crippen molar-refractivity contribution in [2.45, 2.75) is 69.6 Å². The first-order chi connectivity index (χ1) is 16.2. The lowest BCUT2D eigenvalue weighted by Gasteiger charge is -2.57. The average molecular weight is 469 g/mol. The van der Waals surface area contributed by atoms with Gasteiger partial charge in [0.05, 0.1) is 5.60 Å². The molecule has 5 rings (SSSR count). The van der Waals surface area contributed by atoms with Gasteiger partial charge >= 0.3 is 0 Å². The Balaban J connectivity index is 1.49. The quantitative estimate of drug-likeness (QED) is 0.623. The number of benzene rings is 1. The summed E-state index contributed by atoms with van der Waals surface area (Å²) in [4.78, 5) is 29.3. The van der Waals surface area contributed by atoms with Crippen LogP contribution in [0, 0.1) is 12.8 Å². The van der Waals surface area contributed by atoms with Gasteiger partial charge in [-0.1, -0.05) is 6.07 Å². The van der Waals surface area contributed by atoms with Crippen LogP contribution in [-0.4, -0.2) is 73.5 Å². The second kappa shape index (κ2) is 8.57. The second-order valence-corrected chi connectivity index (χ2v) is 10.6. The van der Waals surface area contributed by atoms with Gasteiger partial charge in [-0.25, -0.2) is 4.68 Å². The van der Waals surface area contributed by atoms with Crippen molar-refractivity contribution in [1.82, 2.24) is 19.6 Å². The fourth-order valence-electron chi connectivity index (χ4n) is 6.45. The number of carbonyl (C=O) groups excluding carboxylic acids is 1. The predicted molar refractivity (Wildman–Crippen MR) is 129 cm³/mol. The molecule has 0 radical (unpaired) electrons. The molecule has 3 atom stereocenters. The van der Waals surface area contributed by atoms with Gasteiger partial charge in [-0.2, -0.15) is 0 Å². The fourth-order valence-corrected chi connectivity index (χ4v) is 6.45. The SMILES string of the molecule is Cc1ccc(O)cc1C12CCN(C(=O)Cn3[nH]ccc3=O)CCC1(O)C(C)N(CC1CC1)CC2. The number of phenols is 1. The van der Waals surface area contributed by atoms with E-state index in [1.165, 1.54) is 29.8 Å². The number of carbonyl (C=O) groups is 1. The van der Waals surface area contributed by atoms with Crippen molar-refractivity contribution in [3.63, 3.8) is 0 Å². The number of aliphatic hydroxyl groups is 1. The average Bonchev–Trinajstić information content (AvgIpc) is 3.57. The van der Waals surface area contributed by atoms with Crippen molar-refractivity contribution in [3.05, 3.63) is 51.9 Å². The van der Waals surface area contributed by atoms with E-state index in [1.54, 1.807) is 11.0 Å². The van der Waals surface area contributed by atoms with E-state index < -0.39 is 11.0 Å². The van der Waals surface area contributed by atoms with Gasteiger partial charge in [-0.05, 0) is 81.7 Å². The number of nitrogens with zero attached hydrogens (tertiary/aromatic N) is 3. The van der Waals surface area contributed by atoms with Crippen LogP contribution in [0.1, 0.15) is 50.2 Å². The smallest absolute Gasteiger partial charge is 0.266 e. The van der Waals surface area contributed by atoms with Gasteiger partial charge in [0.2, 0.25) is 5.91 Å². The van der Waals surface area contributed by atoms with E-state index in [0.717, 1.165) is 36.6 Å². The molecular weight excluding hydrogens is 432 g/mol. The molecule has 1 amide bonds. The highest BCUT2D eigenvalue weighted by molar-refractivity contribution is 5.76. The highest BCUT2D eigenvalue weighted by atomic mass is 16.3. The van der Waals surface area contributed by atoms with E-state index in [1.807, 2.05) is 19.1 Å². The maximum atomic E-state index is 13.2. The molecule has 1 saturated carbocycles. The number of hydrogen-bond donors (Lipinski definition) is 3. The van der Waals surface area contributed by atoms with Crippen molar-refractivity contribution < 1.29 is 15.0 Å². The summed E-state index contributed by atoms with van der Waals surface area (Å²) in [5.41, 5.74) is 0.205. The number of aryl methyl sites for hydroxylation is 1. The van der Waals surface area contributed by atoms with Crippen LogP contribution in [0.5, 0.6) is 5.75 Å². The van der Waals surface area contributed by atoms with Crippen LogP contribution in [0.3, 0.4) is 0 Å². The first kappa shape index (κ1) is 23.2. The summed E-state index contributed by atoms with van der Waals surface area (Å²) in [6.45, 7) is 6.97. The third kappa shape index (κ3) is 3.86. The molecule has 2 aromatic rings. The Hall–Kier alpha value is -2.58. The molecule has 2 aliphatic heterocycles. The minimum Gasteiger partial charge on any atom is -0.508 e. The topological polar surface area (TPSA) is 102 Å². The molecule has 3 N–H and O–H groups in total. The lowest BCUT2D eigenvalue weighted by molar-refractivity contribution is -0.138. The van der Waals surface area contributed by atoms with Crippen LogP contribution < -0.4 is 5.56 Å². The molecule has 34 heavy (non-hydrogen) atoms. The normalized spacial score (nSPS) is 30.1. The fraction of sp³-hybridized carbons (Fsp3) is 0.615. The highest BCUT2D eigenvalue weighted by Gasteiger charge is 2.59.